The van der Waals surface area contributed by atoms with Crippen molar-refractivity contribution in [3.8, 4) is 11.4 Å². The lowest BCUT2D eigenvalue weighted by molar-refractivity contribution is -0.123. The fourth-order valence-electron chi connectivity index (χ4n) is 3.74. The van der Waals surface area contributed by atoms with Crippen LogP contribution in [0, 0.1) is 0 Å². The van der Waals surface area contributed by atoms with Crippen LogP contribution in [0.1, 0.15) is 17.9 Å². The molecule has 0 spiro atoms. The molecule has 2 heterocycles. The van der Waals surface area contributed by atoms with E-state index in [1.807, 2.05) is 72.8 Å². The number of benzene rings is 3. The fraction of sp³-hybridized carbons (Fsp3) is 0.0870. The van der Waals surface area contributed by atoms with Crippen LogP contribution in [-0.2, 0) is 9.59 Å². The zero-order valence-electron chi connectivity index (χ0n) is 15.5. The van der Waals surface area contributed by atoms with Crippen molar-refractivity contribution in [3.05, 3.63) is 78.4 Å². The van der Waals surface area contributed by atoms with Crippen LogP contribution >= 0.6 is 0 Å². The van der Waals surface area contributed by atoms with Gasteiger partial charge in [0.25, 0.3) is 0 Å². The molecular weight excluding hydrogens is 364 g/mol. The summed E-state index contributed by atoms with van der Waals surface area (Å²) in [7, 11) is 0. The Bertz CT molecular complexity index is 1210. The van der Waals surface area contributed by atoms with Crippen molar-refractivity contribution in [1.82, 2.24) is 9.97 Å². The van der Waals surface area contributed by atoms with Crippen LogP contribution in [0.4, 0.5) is 11.4 Å². The van der Waals surface area contributed by atoms with E-state index in [0.717, 1.165) is 22.2 Å². The molecule has 1 unspecified atom stereocenters. The first kappa shape index (κ1) is 17.2. The average molecular weight is 382 g/mol. The predicted octanol–water partition coefficient (Wildman–Crippen LogP) is 4.29. The zero-order valence-corrected chi connectivity index (χ0v) is 15.5. The number of para-hydroxylation sites is 4. The summed E-state index contributed by atoms with van der Waals surface area (Å²) in [5.41, 5.74) is 4.76. The van der Waals surface area contributed by atoms with Gasteiger partial charge in [-0.3, -0.25) is 9.59 Å². The number of carbonyl (C=O) groups excluding carboxylic acids is 2. The monoisotopic (exact) mass is 382 g/mol. The molecule has 1 aliphatic rings. The maximum absolute atomic E-state index is 13.1. The molecule has 0 aliphatic carbocycles. The summed E-state index contributed by atoms with van der Waals surface area (Å²) in [5, 5.41) is 5.83. The van der Waals surface area contributed by atoms with E-state index in [1.165, 1.54) is 0 Å². The molecule has 0 bridgehead atoms. The van der Waals surface area contributed by atoms with Gasteiger partial charge < -0.3 is 15.6 Å². The Hall–Kier alpha value is -3.93. The van der Waals surface area contributed by atoms with E-state index in [2.05, 4.69) is 20.6 Å². The molecular formula is C23H18N4O2. The maximum atomic E-state index is 13.1. The molecule has 0 saturated carbocycles. The van der Waals surface area contributed by atoms with Crippen LogP contribution in [0.25, 0.3) is 22.4 Å². The molecule has 142 valence electrons. The Balaban J connectivity index is 1.49. The number of hydrogen-bond acceptors (Lipinski definition) is 3. The number of H-pyrrole nitrogens is 1. The molecule has 4 aromatic rings. The third-order valence-electron chi connectivity index (χ3n) is 5.15. The number of carbonyl (C=O) groups is 2. The summed E-state index contributed by atoms with van der Waals surface area (Å²) in [4.78, 5) is 33.1. The van der Waals surface area contributed by atoms with Crippen molar-refractivity contribution in [1.29, 1.82) is 0 Å². The van der Waals surface area contributed by atoms with Crippen molar-refractivity contribution in [3.63, 3.8) is 0 Å². The van der Waals surface area contributed by atoms with E-state index in [9.17, 15) is 9.59 Å². The Morgan fingerprint density at radius 1 is 0.966 bits per heavy atom. The number of aromatic nitrogens is 2. The van der Waals surface area contributed by atoms with Crippen molar-refractivity contribution < 1.29 is 9.59 Å². The molecule has 29 heavy (non-hydrogen) atoms. The number of hydrogen-bond donors (Lipinski definition) is 3. The second-order valence-electron chi connectivity index (χ2n) is 7.03. The molecule has 3 N–H and O–H groups in total. The Kier molecular flexibility index (Phi) is 4.09. The van der Waals surface area contributed by atoms with E-state index in [-0.39, 0.29) is 18.2 Å². The van der Waals surface area contributed by atoms with Crippen molar-refractivity contribution in [2.75, 3.05) is 10.6 Å². The lowest BCUT2D eigenvalue weighted by atomic mass is 9.89. The molecule has 0 radical (unpaired) electrons. The number of aromatic amines is 1. The third-order valence-corrected chi connectivity index (χ3v) is 5.15. The van der Waals surface area contributed by atoms with Gasteiger partial charge in [0.2, 0.25) is 11.8 Å². The van der Waals surface area contributed by atoms with Crippen LogP contribution in [0.15, 0.2) is 72.8 Å². The Morgan fingerprint density at radius 2 is 1.72 bits per heavy atom. The fourth-order valence-corrected chi connectivity index (χ4v) is 3.74. The topological polar surface area (TPSA) is 86.9 Å². The maximum Gasteiger partial charge on any atom is 0.232 e. The highest BCUT2D eigenvalue weighted by molar-refractivity contribution is 6.06. The largest absolute Gasteiger partial charge is 0.338 e. The zero-order chi connectivity index (χ0) is 19.8. The number of nitrogens with zero attached hydrogens (tertiary/aromatic N) is 1. The second-order valence-corrected chi connectivity index (χ2v) is 7.03. The highest BCUT2D eigenvalue weighted by Crippen LogP contribution is 2.34. The summed E-state index contributed by atoms with van der Waals surface area (Å²) in [6, 6.07) is 22.7. The molecule has 0 fully saturated rings. The number of amides is 2. The minimum Gasteiger partial charge on any atom is -0.338 e. The number of rotatable bonds is 3. The van der Waals surface area contributed by atoms with Gasteiger partial charge in [0.05, 0.1) is 22.6 Å². The standard InChI is InChI=1S/C23H18N4O2/c28-21-13-16(14-7-1-3-9-17(14)24-21)23(29)27-18-10-4-2-8-15(18)22-25-19-11-5-6-12-20(19)26-22/h1-12,16H,13H2,(H,24,28)(H,25,26)(H,27,29). The van der Waals surface area contributed by atoms with Crippen molar-refractivity contribution in [2.24, 2.45) is 0 Å². The van der Waals surface area contributed by atoms with Gasteiger partial charge in [0.1, 0.15) is 5.82 Å². The normalized spacial score (nSPS) is 15.6. The minimum atomic E-state index is -0.538. The van der Waals surface area contributed by atoms with Gasteiger partial charge in [-0.25, -0.2) is 4.98 Å². The predicted molar refractivity (Wildman–Crippen MR) is 113 cm³/mol. The summed E-state index contributed by atoms with van der Waals surface area (Å²) >= 11 is 0. The highest BCUT2D eigenvalue weighted by atomic mass is 16.2. The SMILES string of the molecule is O=C1CC(C(=O)Nc2ccccc2-c2nc3ccccc3[nH]2)c2ccccc2N1. The number of nitrogens with one attached hydrogen (secondary N) is 3. The van der Waals surface area contributed by atoms with Gasteiger partial charge in [-0.05, 0) is 35.9 Å². The van der Waals surface area contributed by atoms with Crippen molar-refractivity contribution in [2.45, 2.75) is 12.3 Å². The first-order valence-corrected chi connectivity index (χ1v) is 9.43. The van der Waals surface area contributed by atoms with Gasteiger partial charge in [-0.2, -0.15) is 0 Å². The van der Waals surface area contributed by atoms with Crippen LogP contribution in [0.2, 0.25) is 0 Å². The molecule has 1 aliphatic heterocycles. The molecule has 3 aromatic carbocycles. The van der Waals surface area contributed by atoms with Gasteiger partial charge in [0.15, 0.2) is 0 Å². The summed E-state index contributed by atoms with van der Waals surface area (Å²) in [5.74, 6) is -0.224. The molecule has 6 heteroatoms. The number of imidazole rings is 1. The van der Waals surface area contributed by atoms with E-state index in [4.69, 9.17) is 0 Å². The van der Waals surface area contributed by atoms with E-state index < -0.39 is 5.92 Å². The third kappa shape index (κ3) is 3.14. The summed E-state index contributed by atoms with van der Waals surface area (Å²) in [6.45, 7) is 0. The molecule has 1 aromatic heterocycles. The first-order valence-electron chi connectivity index (χ1n) is 9.43. The second kappa shape index (κ2) is 6.91. The summed E-state index contributed by atoms with van der Waals surface area (Å²) in [6.07, 6.45) is 0.121. The lowest BCUT2D eigenvalue weighted by Crippen LogP contribution is -2.30. The Labute approximate surface area is 167 Å². The summed E-state index contributed by atoms with van der Waals surface area (Å²) < 4.78 is 0. The lowest BCUT2D eigenvalue weighted by Gasteiger charge is -2.25. The smallest absolute Gasteiger partial charge is 0.232 e. The van der Waals surface area contributed by atoms with Crippen LogP contribution in [-0.4, -0.2) is 21.8 Å². The van der Waals surface area contributed by atoms with E-state index in [0.29, 0.717) is 17.2 Å². The van der Waals surface area contributed by atoms with Crippen LogP contribution in [0.5, 0.6) is 0 Å². The minimum absolute atomic E-state index is 0.121. The number of fused-ring (bicyclic) bond motifs is 2. The highest BCUT2D eigenvalue weighted by Gasteiger charge is 2.30. The molecule has 5 rings (SSSR count). The Morgan fingerprint density at radius 3 is 2.62 bits per heavy atom. The van der Waals surface area contributed by atoms with Crippen LogP contribution in [0.3, 0.4) is 0 Å². The molecule has 1 atom stereocenters. The van der Waals surface area contributed by atoms with E-state index in [1.54, 1.807) is 0 Å². The molecule has 6 nitrogen and oxygen atoms in total. The molecule has 0 saturated heterocycles. The average Bonchev–Trinajstić information content (AvgIpc) is 3.17. The quantitative estimate of drug-likeness (QED) is 0.494. The van der Waals surface area contributed by atoms with Gasteiger partial charge in [-0.15, -0.1) is 0 Å². The van der Waals surface area contributed by atoms with Crippen LogP contribution < -0.4 is 10.6 Å². The number of anilines is 2. The first-order chi connectivity index (χ1) is 14.2. The molecule has 2 amide bonds. The van der Waals surface area contributed by atoms with Crippen molar-refractivity contribution >= 4 is 34.2 Å². The van der Waals surface area contributed by atoms with E-state index >= 15 is 0 Å². The van der Waals surface area contributed by atoms with Gasteiger partial charge in [-0.1, -0.05) is 42.5 Å². The van der Waals surface area contributed by atoms with Gasteiger partial charge >= 0.3 is 0 Å². The van der Waals surface area contributed by atoms with Gasteiger partial charge in [0, 0.05) is 17.7 Å².